The number of nitrogens with zero attached hydrogens (tertiary/aromatic N) is 4. The van der Waals surface area contributed by atoms with Crippen LogP contribution in [0.25, 0.3) is 45.0 Å². The van der Waals surface area contributed by atoms with E-state index in [4.69, 9.17) is 9.47 Å². The second kappa shape index (κ2) is 15.4. The molecule has 0 spiro atoms. The predicted molar refractivity (Wildman–Crippen MR) is 174 cm³/mol. The average Bonchev–Trinajstić information content (AvgIpc) is 3.70. The molecular formula is C36H28F4N4O6. The fraction of sp³-hybridized carbons (Fsp3) is 0.111. The summed E-state index contributed by atoms with van der Waals surface area (Å²) in [4.78, 5) is 22.9. The van der Waals surface area contributed by atoms with E-state index in [0.29, 0.717) is 22.5 Å². The minimum absolute atomic E-state index is 0.00389. The van der Waals surface area contributed by atoms with E-state index in [9.17, 15) is 37.4 Å². The van der Waals surface area contributed by atoms with Gasteiger partial charge in [-0.15, -0.1) is 0 Å². The summed E-state index contributed by atoms with van der Waals surface area (Å²) >= 11 is 0. The number of benzene rings is 4. The first kappa shape index (κ1) is 35.2. The molecule has 14 heteroatoms. The van der Waals surface area contributed by atoms with E-state index in [1.807, 2.05) is 0 Å². The highest BCUT2D eigenvalue weighted by Gasteiger charge is 2.22. The predicted octanol–water partition coefficient (Wildman–Crippen LogP) is 7.59. The number of halogens is 4. The lowest BCUT2D eigenvalue weighted by Gasteiger charge is -2.09. The molecule has 4 aromatic carbocycles. The van der Waals surface area contributed by atoms with Crippen LogP contribution < -0.4 is 0 Å². The van der Waals surface area contributed by atoms with Crippen LogP contribution in [0.5, 0.6) is 0 Å². The molecule has 50 heavy (non-hydrogen) atoms. The van der Waals surface area contributed by atoms with E-state index in [0.717, 1.165) is 0 Å². The molecule has 2 aromatic heterocycles. The van der Waals surface area contributed by atoms with Crippen molar-refractivity contribution >= 4 is 11.9 Å². The van der Waals surface area contributed by atoms with Crippen LogP contribution in [0, 0.1) is 23.3 Å². The highest BCUT2D eigenvalue weighted by molar-refractivity contribution is 5.96. The highest BCUT2D eigenvalue weighted by atomic mass is 19.1. The van der Waals surface area contributed by atoms with Gasteiger partial charge in [-0.2, -0.15) is 10.2 Å². The van der Waals surface area contributed by atoms with Crippen LogP contribution in [0.1, 0.15) is 20.7 Å². The van der Waals surface area contributed by atoms with Crippen molar-refractivity contribution in [1.82, 2.24) is 19.6 Å². The molecule has 0 saturated heterocycles. The van der Waals surface area contributed by atoms with E-state index in [2.05, 4.69) is 10.2 Å². The highest BCUT2D eigenvalue weighted by Crippen LogP contribution is 2.32. The summed E-state index contributed by atoms with van der Waals surface area (Å²) in [5, 5.41) is 27.3. The summed E-state index contributed by atoms with van der Waals surface area (Å²) in [5.74, 6) is -4.64. The Kier molecular flexibility index (Phi) is 10.8. The van der Waals surface area contributed by atoms with Gasteiger partial charge in [0.25, 0.3) is 0 Å². The van der Waals surface area contributed by atoms with E-state index in [1.165, 1.54) is 96.4 Å². The molecule has 0 amide bonds. The Hall–Kier alpha value is -6.12. The molecule has 0 aliphatic rings. The number of rotatable bonds is 10. The summed E-state index contributed by atoms with van der Waals surface area (Å²) in [5.41, 5.74) is 2.14. The maximum atomic E-state index is 14.4. The van der Waals surface area contributed by atoms with Gasteiger partial charge in [-0.05, 0) is 84.9 Å². The lowest BCUT2D eigenvalue weighted by Crippen LogP contribution is -2.08. The number of aromatic carboxylic acids is 2. The number of carbonyl (C=O) groups is 2. The Morgan fingerprint density at radius 2 is 1.04 bits per heavy atom. The van der Waals surface area contributed by atoms with Crippen molar-refractivity contribution in [2.75, 3.05) is 14.2 Å². The van der Waals surface area contributed by atoms with E-state index >= 15 is 0 Å². The first-order valence-electron chi connectivity index (χ1n) is 14.7. The fourth-order valence-electron chi connectivity index (χ4n) is 5.14. The molecule has 0 radical (unpaired) electrons. The number of carboxylic acid groups (broad SMARTS) is 2. The van der Waals surface area contributed by atoms with Crippen LogP contribution in [0.15, 0.2) is 97.1 Å². The number of aromatic nitrogens is 4. The van der Waals surface area contributed by atoms with Crippen molar-refractivity contribution in [3.8, 4) is 45.0 Å². The molecule has 0 fully saturated rings. The molecule has 0 saturated carbocycles. The maximum Gasteiger partial charge on any atom is 0.336 e. The Morgan fingerprint density at radius 1 is 0.600 bits per heavy atom. The first-order chi connectivity index (χ1) is 24.0. The van der Waals surface area contributed by atoms with Crippen molar-refractivity contribution in [3.63, 3.8) is 0 Å². The normalized spacial score (nSPS) is 10.8. The van der Waals surface area contributed by atoms with Gasteiger partial charge in [-0.25, -0.2) is 36.5 Å². The number of ether oxygens (including phenoxy) is 2. The SMILES string of the molecule is COCn1nc(-c2c(F)cccc2C(=O)O)cc1-c1ccc(F)cc1.COCn1nc(-c2ccc(F)cc2)cc1-c1c(F)cccc1C(=O)O. The minimum Gasteiger partial charge on any atom is -0.478 e. The average molecular weight is 689 g/mol. The van der Waals surface area contributed by atoms with Crippen LogP contribution in [0.3, 0.4) is 0 Å². The first-order valence-corrected chi connectivity index (χ1v) is 14.7. The van der Waals surface area contributed by atoms with Crippen molar-refractivity contribution < 1.29 is 46.8 Å². The second-order valence-corrected chi connectivity index (χ2v) is 10.6. The molecule has 2 heterocycles. The summed E-state index contributed by atoms with van der Waals surface area (Å²) in [6, 6.07) is 22.1. The third kappa shape index (κ3) is 7.61. The van der Waals surface area contributed by atoms with Gasteiger partial charge in [-0.1, -0.05) is 12.1 Å². The van der Waals surface area contributed by atoms with Crippen molar-refractivity contribution in [1.29, 1.82) is 0 Å². The summed E-state index contributed by atoms with van der Waals surface area (Å²) in [7, 11) is 2.92. The molecule has 10 nitrogen and oxygen atoms in total. The Labute approximate surface area is 282 Å². The molecule has 6 rings (SSSR count). The zero-order valence-corrected chi connectivity index (χ0v) is 26.5. The topological polar surface area (TPSA) is 129 Å². The van der Waals surface area contributed by atoms with Crippen LogP contribution in [0.2, 0.25) is 0 Å². The lowest BCUT2D eigenvalue weighted by atomic mass is 10.0. The zero-order chi connectivity index (χ0) is 35.9. The van der Waals surface area contributed by atoms with Crippen LogP contribution in [-0.4, -0.2) is 55.9 Å². The van der Waals surface area contributed by atoms with Gasteiger partial charge in [0.1, 0.15) is 36.7 Å². The van der Waals surface area contributed by atoms with Gasteiger partial charge in [0, 0.05) is 25.3 Å². The van der Waals surface area contributed by atoms with Gasteiger partial charge in [0.2, 0.25) is 0 Å². The van der Waals surface area contributed by atoms with E-state index in [-0.39, 0.29) is 58.7 Å². The summed E-state index contributed by atoms with van der Waals surface area (Å²) in [6.07, 6.45) is 0. The summed E-state index contributed by atoms with van der Waals surface area (Å²) in [6.45, 7) is 0.0769. The molecule has 0 atom stereocenters. The van der Waals surface area contributed by atoms with Gasteiger partial charge >= 0.3 is 11.9 Å². The number of hydrogen-bond acceptors (Lipinski definition) is 6. The largest absolute Gasteiger partial charge is 0.478 e. The smallest absolute Gasteiger partial charge is 0.336 e. The Balaban J connectivity index is 0.000000194. The Morgan fingerprint density at radius 3 is 1.56 bits per heavy atom. The number of methoxy groups -OCH3 is 2. The fourth-order valence-corrected chi connectivity index (χ4v) is 5.14. The monoisotopic (exact) mass is 688 g/mol. The van der Waals surface area contributed by atoms with Crippen molar-refractivity contribution in [2.45, 2.75) is 13.5 Å². The third-order valence-corrected chi connectivity index (χ3v) is 7.34. The lowest BCUT2D eigenvalue weighted by molar-refractivity contribution is 0.0686. The van der Waals surface area contributed by atoms with Gasteiger partial charge in [-0.3, -0.25) is 0 Å². The minimum atomic E-state index is -1.25. The Bertz CT molecular complexity index is 2150. The molecule has 2 N–H and O–H groups in total. The van der Waals surface area contributed by atoms with Crippen LogP contribution in [-0.2, 0) is 22.9 Å². The van der Waals surface area contributed by atoms with Gasteiger partial charge in [0.15, 0.2) is 0 Å². The van der Waals surface area contributed by atoms with Crippen LogP contribution >= 0.6 is 0 Å². The second-order valence-electron chi connectivity index (χ2n) is 10.6. The third-order valence-electron chi connectivity index (χ3n) is 7.34. The maximum absolute atomic E-state index is 14.4. The molecule has 6 aromatic rings. The van der Waals surface area contributed by atoms with Gasteiger partial charge < -0.3 is 19.7 Å². The zero-order valence-electron chi connectivity index (χ0n) is 26.5. The molecule has 0 bridgehead atoms. The number of hydrogen-bond donors (Lipinski definition) is 2. The molecule has 0 aliphatic heterocycles. The summed E-state index contributed by atoms with van der Waals surface area (Å²) < 4.78 is 67.9. The molecule has 256 valence electrons. The standard InChI is InChI=1S/2C18H14F2N2O3/c1-25-10-22-16(11-5-7-12(19)8-6-11)9-15(21-22)17-13(18(23)24)3-2-4-14(17)20;1-25-10-22-16(17-13(18(23)24)3-2-4-14(17)20)9-15(21-22)11-5-7-12(19)8-6-11/h2*2-9H,10H2,1H3,(H,23,24). The van der Waals surface area contributed by atoms with Crippen LogP contribution in [0.4, 0.5) is 17.6 Å². The van der Waals surface area contributed by atoms with Crippen molar-refractivity contribution in [3.05, 3.63) is 131 Å². The van der Waals surface area contributed by atoms with E-state index in [1.54, 1.807) is 24.3 Å². The molecule has 0 aliphatic carbocycles. The molecule has 0 unspecified atom stereocenters. The van der Waals surface area contributed by atoms with E-state index < -0.39 is 23.6 Å². The van der Waals surface area contributed by atoms with Gasteiger partial charge in [0.05, 0.1) is 45.0 Å². The van der Waals surface area contributed by atoms with Crippen molar-refractivity contribution in [2.24, 2.45) is 0 Å². The quantitative estimate of drug-likeness (QED) is 0.141. The molecular weight excluding hydrogens is 660 g/mol. The number of carboxylic acids is 2.